The number of piperazine rings is 1. The molecule has 0 bridgehead atoms. The van der Waals surface area contributed by atoms with Gasteiger partial charge in [0, 0.05) is 32.2 Å². The molecule has 4 nitrogen and oxygen atoms in total. The Kier molecular flexibility index (Phi) is 5.09. The summed E-state index contributed by atoms with van der Waals surface area (Å²) in [4.78, 5) is 16.9. The number of halogens is 1. The van der Waals surface area contributed by atoms with Crippen molar-refractivity contribution in [2.75, 3.05) is 33.2 Å². The van der Waals surface area contributed by atoms with Crippen molar-refractivity contribution >= 4 is 18.3 Å². The van der Waals surface area contributed by atoms with Gasteiger partial charge in [0.05, 0.1) is 6.04 Å². The van der Waals surface area contributed by atoms with Crippen molar-refractivity contribution in [1.29, 1.82) is 0 Å². The van der Waals surface area contributed by atoms with Crippen LogP contribution in [-0.2, 0) is 4.79 Å². The SMILES string of the molecule is CN1CCN(C(=O)C2CC3CCCCC3N2)CC1.Cl. The standard InChI is InChI=1S/C14H25N3O.ClH/c1-16-6-8-17(9-7-16)14(18)13-10-11-4-2-3-5-12(11)15-13;/h11-13,15H,2-10H2,1H3;1H. The van der Waals surface area contributed by atoms with E-state index in [0.29, 0.717) is 11.9 Å². The second-order valence-corrected chi connectivity index (χ2v) is 6.23. The van der Waals surface area contributed by atoms with Crippen LogP contribution >= 0.6 is 12.4 Å². The maximum absolute atomic E-state index is 12.5. The lowest BCUT2D eigenvalue weighted by molar-refractivity contribution is -0.134. The molecule has 1 amide bonds. The lowest BCUT2D eigenvalue weighted by Gasteiger charge is -2.34. The quantitative estimate of drug-likeness (QED) is 0.785. The lowest BCUT2D eigenvalue weighted by atomic mass is 9.85. The average Bonchev–Trinajstić information content (AvgIpc) is 2.82. The molecule has 1 saturated carbocycles. The summed E-state index contributed by atoms with van der Waals surface area (Å²) in [5.74, 6) is 1.12. The van der Waals surface area contributed by atoms with E-state index in [1.165, 1.54) is 25.7 Å². The molecule has 3 atom stereocenters. The zero-order valence-electron chi connectivity index (χ0n) is 11.8. The molecule has 0 aromatic rings. The zero-order chi connectivity index (χ0) is 12.5. The van der Waals surface area contributed by atoms with Crippen LogP contribution in [0, 0.1) is 5.92 Å². The van der Waals surface area contributed by atoms with Crippen LogP contribution in [0.3, 0.4) is 0 Å². The number of carbonyl (C=O) groups excluding carboxylic acids is 1. The van der Waals surface area contributed by atoms with Crippen LogP contribution in [0.2, 0.25) is 0 Å². The molecule has 2 heterocycles. The van der Waals surface area contributed by atoms with Gasteiger partial charge in [0.2, 0.25) is 5.91 Å². The third-order valence-corrected chi connectivity index (χ3v) is 4.98. The Morgan fingerprint density at radius 3 is 2.47 bits per heavy atom. The minimum atomic E-state index is 0. The van der Waals surface area contributed by atoms with E-state index in [0.717, 1.165) is 38.5 Å². The van der Waals surface area contributed by atoms with E-state index in [-0.39, 0.29) is 18.4 Å². The van der Waals surface area contributed by atoms with E-state index in [1.807, 2.05) is 0 Å². The van der Waals surface area contributed by atoms with Crippen molar-refractivity contribution in [2.45, 2.75) is 44.2 Å². The van der Waals surface area contributed by atoms with Gasteiger partial charge in [-0.25, -0.2) is 0 Å². The molecule has 2 aliphatic heterocycles. The summed E-state index contributed by atoms with van der Waals surface area (Å²) < 4.78 is 0. The van der Waals surface area contributed by atoms with Crippen molar-refractivity contribution in [1.82, 2.24) is 15.1 Å². The molecule has 5 heteroatoms. The van der Waals surface area contributed by atoms with Gasteiger partial charge in [0.15, 0.2) is 0 Å². The normalized spacial score (nSPS) is 35.6. The number of hydrogen-bond acceptors (Lipinski definition) is 3. The topological polar surface area (TPSA) is 35.6 Å². The fraction of sp³-hybridized carbons (Fsp3) is 0.929. The Labute approximate surface area is 122 Å². The largest absolute Gasteiger partial charge is 0.339 e. The first kappa shape index (κ1) is 15.1. The highest BCUT2D eigenvalue weighted by Crippen LogP contribution is 2.33. The van der Waals surface area contributed by atoms with Crippen LogP contribution in [0.1, 0.15) is 32.1 Å². The molecular weight excluding hydrogens is 262 g/mol. The maximum Gasteiger partial charge on any atom is 0.239 e. The third-order valence-electron chi connectivity index (χ3n) is 4.98. The van der Waals surface area contributed by atoms with Crippen molar-refractivity contribution in [3.8, 4) is 0 Å². The van der Waals surface area contributed by atoms with E-state index in [2.05, 4.69) is 22.2 Å². The van der Waals surface area contributed by atoms with Crippen LogP contribution in [0.4, 0.5) is 0 Å². The first-order chi connectivity index (χ1) is 8.74. The number of rotatable bonds is 1. The summed E-state index contributed by atoms with van der Waals surface area (Å²) >= 11 is 0. The van der Waals surface area contributed by atoms with Crippen LogP contribution in [-0.4, -0.2) is 61.0 Å². The summed E-state index contributed by atoms with van der Waals surface area (Å²) in [5.41, 5.74) is 0. The van der Waals surface area contributed by atoms with Crippen molar-refractivity contribution < 1.29 is 4.79 Å². The molecule has 0 aromatic heterocycles. The molecular formula is C14H26ClN3O. The third kappa shape index (κ3) is 3.23. The molecule has 19 heavy (non-hydrogen) atoms. The number of nitrogens with one attached hydrogen (secondary N) is 1. The smallest absolute Gasteiger partial charge is 0.239 e. The molecule has 110 valence electrons. The molecule has 1 N–H and O–H groups in total. The van der Waals surface area contributed by atoms with Crippen molar-refractivity contribution in [3.05, 3.63) is 0 Å². The molecule has 3 rings (SSSR count). The number of likely N-dealkylation sites (N-methyl/N-ethyl adjacent to an activating group) is 1. The maximum atomic E-state index is 12.5. The highest BCUT2D eigenvalue weighted by atomic mass is 35.5. The van der Waals surface area contributed by atoms with E-state index in [1.54, 1.807) is 0 Å². The predicted octanol–water partition coefficient (Wildman–Crippen LogP) is 1.10. The number of hydrogen-bond donors (Lipinski definition) is 1. The Bertz CT molecular complexity index is 304. The van der Waals surface area contributed by atoms with Crippen molar-refractivity contribution in [3.63, 3.8) is 0 Å². The minimum absolute atomic E-state index is 0. The van der Waals surface area contributed by atoms with Gasteiger partial charge in [-0.1, -0.05) is 12.8 Å². The van der Waals surface area contributed by atoms with Crippen LogP contribution < -0.4 is 5.32 Å². The van der Waals surface area contributed by atoms with Crippen LogP contribution in [0.5, 0.6) is 0 Å². The van der Waals surface area contributed by atoms with Gasteiger partial charge in [-0.2, -0.15) is 0 Å². The van der Waals surface area contributed by atoms with Gasteiger partial charge in [0.25, 0.3) is 0 Å². The monoisotopic (exact) mass is 287 g/mol. The Morgan fingerprint density at radius 2 is 1.79 bits per heavy atom. The molecule has 1 aliphatic carbocycles. The fourth-order valence-corrected chi connectivity index (χ4v) is 3.76. The van der Waals surface area contributed by atoms with Gasteiger partial charge in [-0.05, 0) is 32.2 Å². The summed E-state index contributed by atoms with van der Waals surface area (Å²) in [6.07, 6.45) is 6.37. The first-order valence-electron chi connectivity index (χ1n) is 7.47. The van der Waals surface area contributed by atoms with Gasteiger partial charge in [-0.15, -0.1) is 12.4 Å². The van der Waals surface area contributed by atoms with Crippen LogP contribution in [0.15, 0.2) is 0 Å². The Balaban J connectivity index is 0.00000133. The molecule has 3 aliphatic rings. The molecule has 0 radical (unpaired) electrons. The van der Waals surface area contributed by atoms with E-state index in [4.69, 9.17) is 0 Å². The summed E-state index contributed by atoms with van der Waals surface area (Å²) in [7, 11) is 2.13. The first-order valence-corrected chi connectivity index (χ1v) is 7.47. The van der Waals surface area contributed by atoms with Gasteiger partial charge in [0.1, 0.15) is 0 Å². The Hall–Kier alpha value is -0.320. The predicted molar refractivity (Wildman–Crippen MR) is 78.6 cm³/mol. The molecule has 2 saturated heterocycles. The minimum Gasteiger partial charge on any atom is -0.339 e. The van der Waals surface area contributed by atoms with Gasteiger partial charge in [-0.3, -0.25) is 4.79 Å². The van der Waals surface area contributed by atoms with Crippen LogP contribution in [0.25, 0.3) is 0 Å². The zero-order valence-corrected chi connectivity index (χ0v) is 12.6. The summed E-state index contributed by atoms with van der Waals surface area (Å²) in [6.45, 7) is 3.85. The van der Waals surface area contributed by atoms with Gasteiger partial charge >= 0.3 is 0 Å². The Morgan fingerprint density at radius 1 is 1.11 bits per heavy atom. The highest BCUT2D eigenvalue weighted by Gasteiger charge is 2.39. The van der Waals surface area contributed by atoms with Crippen molar-refractivity contribution in [2.24, 2.45) is 5.92 Å². The van der Waals surface area contributed by atoms with E-state index in [9.17, 15) is 4.79 Å². The highest BCUT2D eigenvalue weighted by molar-refractivity contribution is 5.85. The fourth-order valence-electron chi connectivity index (χ4n) is 3.76. The van der Waals surface area contributed by atoms with Gasteiger partial charge < -0.3 is 15.1 Å². The van der Waals surface area contributed by atoms with E-state index >= 15 is 0 Å². The molecule has 0 spiro atoms. The molecule has 0 aromatic carbocycles. The molecule has 3 unspecified atom stereocenters. The summed E-state index contributed by atoms with van der Waals surface area (Å²) in [6, 6.07) is 0.738. The summed E-state index contributed by atoms with van der Waals surface area (Å²) in [5, 5.41) is 3.60. The average molecular weight is 288 g/mol. The van der Waals surface area contributed by atoms with E-state index < -0.39 is 0 Å². The lowest BCUT2D eigenvalue weighted by Crippen LogP contribution is -2.52. The molecule has 3 fully saturated rings. The number of fused-ring (bicyclic) bond motifs is 1. The number of nitrogens with zero attached hydrogens (tertiary/aromatic N) is 2. The number of amides is 1. The second-order valence-electron chi connectivity index (χ2n) is 6.23. The second kappa shape index (κ2) is 6.42. The number of carbonyl (C=O) groups is 1.